The normalized spacial score (nSPS) is 25.0. The molecule has 146 valence electrons. The van der Waals surface area contributed by atoms with Crippen molar-refractivity contribution in [1.29, 1.82) is 0 Å². The maximum atomic E-state index is 13.4. The van der Waals surface area contributed by atoms with E-state index in [4.69, 9.17) is 14.2 Å². The Bertz CT molecular complexity index is 1050. The van der Waals surface area contributed by atoms with Gasteiger partial charge < -0.3 is 19.1 Å². The Morgan fingerprint density at radius 2 is 1.59 bits per heavy atom. The lowest BCUT2D eigenvalue weighted by Gasteiger charge is -2.40. The van der Waals surface area contributed by atoms with E-state index in [0.717, 1.165) is 22.6 Å². The predicted molar refractivity (Wildman–Crippen MR) is 109 cm³/mol. The van der Waals surface area contributed by atoms with E-state index in [0.29, 0.717) is 5.56 Å². The first-order chi connectivity index (χ1) is 14.2. The molecule has 3 aromatic rings. The number of hydrogen-bond acceptors (Lipinski definition) is 5. The van der Waals surface area contributed by atoms with Crippen LogP contribution < -0.4 is 9.64 Å². The summed E-state index contributed by atoms with van der Waals surface area (Å²) in [5.74, 6) is -0.459. The van der Waals surface area contributed by atoms with Crippen LogP contribution in [0.2, 0.25) is 0 Å². The fourth-order valence-electron chi connectivity index (χ4n) is 4.43. The second-order valence-electron chi connectivity index (χ2n) is 7.16. The summed E-state index contributed by atoms with van der Waals surface area (Å²) in [5.41, 5.74) is 3.24. The molecule has 2 aliphatic heterocycles. The monoisotopic (exact) mass is 387 g/mol. The van der Waals surface area contributed by atoms with Gasteiger partial charge in [-0.3, -0.25) is 4.79 Å². The first-order valence-electron chi connectivity index (χ1n) is 9.54. The Morgan fingerprint density at radius 1 is 0.897 bits per heavy atom. The summed E-state index contributed by atoms with van der Waals surface area (Å²) >= 11 is 0. The first kappa shape index (κ1) is 17.9. The molecule has 0 aromatic heterocycles. The van der Waals surface area contributed by atoms with Crippen LogP contribution in [-0.2, 0) is 15.4 Å². The Balaban J connectivity index is 1.76. The summed E-state index contributed by atoms with van der Waals surface area (Å²) in [4.78, 5) is 15.4. The van der Waals surface area contributed by atoms with E-state index in [1.165, 1.54) is 0 Å². The van der Waals surface area contributed by atoms with Gasteiger partial charge in [-0.15, -0.1) is 0 Å². The second-order valence-corrected chi connectivity index (χ2v) is 7.16. The van der Waals surface area contributed by atoms with Crippen molar-refractivity contribution in [2.45, 2.75) is 18.1 Å². The number of Topliss-reactive ketones (excluding diaryl/α,β-unsaturated/α-hetero) is 1. The van der Waals surface area contributed by atoms with Crippen molar-refractivity contribution in [3.05, 3.63) is 95.6 Å². The predicted octanol–water partition coefficient (Wildman–Crippen LogP) is 4.29. The number of carbonyl (C=O) groups is 1. The summed E-state index contributed by atoms with van der Waals surface area (Å²) in [6.45, 7) is 0. The molecule has 0 radical (unpaired) electrons. The van der Waals surface area contributed by atoms with Gasteiger partial charge in [0.15, 0.2) is 11.9 Å². The molecule has 5 heteroatoms. The van der Waals surface area contributed by atoms with Crippen molar-refractivity contribution in [1.82, 2.24) is 0 Å². The van der Waals surface area contributed by atoms with Crippen molar-refractivity contribution in [3.8, 4) is 5.75 Å². The number of rotatable bonds is 4. The lowest BCUT2D eigenvalue weighted by Crippen LogP contribution is -2.46. The molecule has 1 fully saturated rings. The van der Waals surface area contributed by atoms with E-state index < -0.39 is 12.0 Å². The van der Waals surface area contributed by atoms with Crippen molar-refractivity contribution >= 4 is 11.5 Å². The average molecular weight is 387 g/mol. The molecule has 3 aromatic carbocycles. The third-order valence-electron chi connectivity index (χ3n) is 5.73. The van der Waals surface area contributed by atoms with Crippen LogP contribution in [0.1, 0.15) is 27.5 Å². The minimum absolute atomic E-state index is 0.0295. The Morgan fingerprint density at radius 3 is 2.28 bits per heavy atom. The highest BCUT2D eigenvalue weighted by Gasteiger charge is 2.62. The van der Waals surface area contributed by atoms with Gasteiger partial charge in [-0.05, 0) is 29.8 Å². The quantitative estimate of drug-likeness (QED) is 0.668. The number of hydrogen-bond donors (Lipinski definition) is 0. The molecule has 0 saturated carbocycles. The highest BCUT2D eigenvalue weighted by atomic mass is 16.7. The Kier molecular flexibility index (Phi) is 4.15. The van der Waals surface area contributed by atoms with E-state index in [9.17, 15) is 4.79 Å². The van der Waals surface area contributed by atoms with E-state index in [2.05, 4.69) is 4.90 Å². The minimum Gasteiger partial charge on any atom is -0.497 e. The number of fused-ring (bicyclic) bond motifs is 4. The lowest BCUT2D eigenvalue weighted by atomic mass is 9.93. The molecule has 5 nitrogen and oxygen atoms in total. The van der Waals surface area contributed by atoms with Crippen molar-refractivity contribution < 1.29 is 19.0 Å². The van der Waals surface area contributed by atoms with Crippen LogP contribution in [0.15, 0.2) is 78.9 Å². The molecule has 1 saturated heterocycles. The highest BCUT2D eigenvalue weighted by molar-refractivity contribution is 6.04. The largest absolute Gasteiger partial charge is 0.497 e. The molecular formula is C24H21NO4. The molecule has 0 N–H and O–H groups in total. The topological polar surface area (TPSA) is 48.0 Å². The van der Waals surface area contributed by atoms with Gasteiger partial charge >= 0.3 is 0 Å². The van der Waals surface area contributed by atoms with E-state index in [1.54, 1.807) is 14.2 Å². The molecule has 3 atom stereocenters. The maximum absolute atomic E-state index is 13.4. The number of ketones is 1. The van der Waals surface area contributed by atoms with Crippen LogP contribution in [0.3, 0.4) is 0 Å². The van der Waals surface area contributed by atoms with Crippen LogP contribution in [-0.4, -0.2) is 26.1 Å². The Labute approximate surface area is 169 Å². The van der Waals surface area contributed by atoms with Crippen LogP contribution >= 0.6 is 0 Å². The first-order valence-corrected chi connectivity index (χ1v) is 9.54. The zero-order chi connectivity index (χ0) is 20.0. The minimum atomic E-state index is -1.19. The van der Waals surface area contributed by atoms with Gasteiger partial charge in [-0.25, -0.2) is 0 Å². The fraction of sp³-hybridized carbons (Fsp3) is 0.208. The molecule has 2 aliphatic rings. The molecule has 2 heterocycles. The summed E-state index contributed by atoms with van der Waals surface area (Å²) < 4.78 is 17.7. The molecule has 0 unspecified atom stereocenters. The molecule has 0 amide bonds. The molecule has 0 spiro atoms. The zero-order valence-corrected chi connectivity index (χ0v) is 16.2. The van der Waals surface area contributed by atoms with Crippen molar-refractivity contribution in [2.75, 3.05) is 19.1 Å². The molecule has 0 aliphatic carbocycles. The van der Waals surface area contributed by atoms with Gasteiger partial charge in [0.1, 0.15) is 5.75 Å². The van der Waals surface area contributed by atoms with Crippen LogP contribution in [0.25, 0.3) is 0 Å². The standard InChI is InChI=1S/C24H21NO4/c1-27-18-14-12-17(13-15-18)25-21(16-8-4-3-5-9-16)23-22(26)19-10-6-7-11-20(19)24(25,28-2)29-23/h3-15,21,23H,1-2H3/t21-,23+,24+/m1/s1. The molecule has 2 bridgehead atoms. The third-order valence-corrected chi connectivity index (χ3v) is 5.73. The summed E-state index contributed by atoms with van der Waals surface area (Å²) in [5, 5.41) is 0. The number of methoxy groups -OCH3 is 2. The SMILES string of the molecule is COc1ccc(N2[C@H](c3ccccc3)[C@@H]3O[C@@]2(OC)c2ccccc2C3=O)cc1. The smallest absolute Gasteiger partial charge is 0.282 e. The van der Waals surface area contributed by atoms with Crippen molar-refractivity contribution in [2.24, 2.45) is 0 Å². The van der Waals surface area contributed by atoms with Crippen LogP contribution in [0.5, 0.6) is 5.75 Å². The van der Waals surface area contributed by atoms with Gasteiger partial charge in [0, 0.05) is 23.9 Å². The fourth-order valence-corrected chi connectivity index (χ4v) is 4.43. The Hall–Kier alpha value is -3.15. The second kappa shape index (κ2) is 6.72. The van der Waals surface area contributed by atoms with Gasteiger partial charge in [0.2, 0.25) is 0 Å². The summed E-state index contributed by atoms with van der Waals surface area (Å²) in [6.07, 6.45) is -0.672. The number of carbonyl (C=O) groups excluding carboxylic acids is 1. The zero-order valence-electron chi connectivity index (χ0n) is 16.2. The van der Waals surface area contributed by atoms with Gasteiger partial charge in [0.05, 0.1) is 13.2 Å². The van der Waals surface area contributed by atoms with E-state index >= 15 is 0 Å². The molecule has 29 heavy (non-hydrogen) atoms. The molecule has 5 rings (SSSR count). The van der Waals surface area contributed by atoms with Crippen molar-refractivity contribution in [3.63, 3.8) is 0 Å². The summed E-state index contributed by atoms with van der Waals surface area (Å²) in [7, 11) is 3.26. The lowest BCUT2D eigenvalue weighted by molar-refractivity contribution is -0.215. The number of anilines is 1. The van der Waals surface area contributed by atoms with E-state index in [1.807, 2.05) is 78.9 Å². The number of ether oxygens (including phenoxy) is 3. The number of nitrogens with zero attached hydrogens (tertiary/aromatic N) is 1. The summed E-state index contributed by atoms with van der Waals surface area (Å²) in [6, 6.07) is 24.9. The average Bonchev–Trinajstić information content (AvgIpc) is 3.11. The van der Waals surface area contributed by atoms with Gasteiger partial charge in [-0.2, -0.15) is 0 Å². The van der Waals surface area contributed by atoms with E-state index in [-0.39, 0.29) is 11.8 Å². The highest BCUT2D eigenvalue weighted by Crippen LogP contribution is 2.54. The van der Waals surface area contributed by atoms with Gasteiger partial charge in [-0.1, -0.05) is 54.6 Å². The number of benzene rings is 3. The third kappa shape index (κ3) is 2.51. The van der Waals surface area contributed by atoms with Crippen LogP contribution in [0.4, 0.5) is 5.69 Å². The van der Waals surface area contributed by atoms with Gasteiger partial charge in [0.25, 0.3) is 5.91 Å². The molecular weight excluding hydrogens is 366 g/mol. The van der Waals surface area contributed by atoms with Crippen LogP contribution in [0, 0.1) is 0 Å². The maximum Gasteiger partial charge on any atom is 0.282 e.